The first kappa shape index (κ1) is 18.6. The molecule has 2 heterocycles. The van der Waals surface area contributed by atoms with Crippen LogP contribution >= 0.6 is 11.6 Å². The molecule has 0 bridgehead atoms. The van der Waals surface area contributed by atoms with Crippen LogP contribution in [0.15, 0.2) is 36.4 Å². The number of hydrogen-bond acceptors (Lipinski definition) is 4. The van der Waals surface area contributed by atoms with Crippen LogP contribution in [-0.2, 0) is 11.2 Å². The lowest BCUT2D eigenvalue weighted by Gasteiger charge is -2.31. The summed E-state index contributed by atoms with van der Waals surface area (Å²) in [5.74, 6) is -0.112. The number of anilines is 2. The second-order valence-electron chi connectivity index (χ2n) is 7.20. The third-order valence-electron chi connectivity index (χ3n) is 5.23. The first-order valence-electron chi connectivity index (χ1n) is 9.46. The van der Waals surface area contributed by atoms with Crippen molar-refractivity contribution >= 4 is 34.8 Å². The van der Waals surface area contributed by atoms with E-state index in [1.807, 2.05) is 12.1 Å². The van der Waals surface area contributed by atoms with Crippen LogP contribution in [-0.4, -0.2) is 31.0 Å². The number of rotatable bonds is 4. The molecule has 0 radical (unpaired) electrons. The number of primary amides is 1. The SMILES string of the molecule is NC(=O)c1ccc(N2CCCCC2)c(NC(=O)C2Cc3cc(Cl)ccc3O2)c1. The number of nitrogens with one attached hydrogen (secondary N) is 1. The Morgan fingerprint density at radius 3 is 2.64 bits per heavy atom. The molecule has 0 aliphatic carbocycles. The summed E-state index contributed by atoms with van der Waals surface area (Å²) in [5.41, 5.74) is 8.19. The summed E-state index contributed by atoms with van der Waals surface area (Å²) in [6.45, 7) is 1.84. The van der Waals surface area contributed by atoms with Gasteiger partial charge in [-0.15, -0.1) is 0 Å². The smallest absolute Gasteiger partial charge is 0.265 e. The molecule has 0 spiro atoms. The number of nitrogens with zero attached hydrogens (tertiary/aromatic N) is 1. The van der Waals surface area contributed by atoms with E-state index in [0.717, 1.165) is 37.2 Å². The zero-order valence-electron chi connectivity index (χ0n) is 15.4. The Balaban J connectivity index is 1.56. The summed E-state index contributed by atoms with van der Waals surface area (Å²) in [4.78, 5) is 26.7. The minimum Gasteiger partial charge on any atom is -0.480 e. The van der Waals surface area contributed by atoms with Gasteiger partial charge < -0.3 is 20.7 Å². The van der Waals surface area contributed by atoms with Crippen molar-refractivity contribution < 1.29 is 14.3 Å². The van der Waals surface area contributed by atoms with Crippen LogP contribution in [0.25, 0.3) is 0 Å². The number of hydrogen-bond donors (Lipinski definition) is 2. The van der Waals surface area contributed by atoms with Crippen molar-refractivity contribution in [3.05, 3.63) is 52.5 Å². The van der Waals surface area contributed by atoms with Crippen molar-refractivity contribution in [3.63, 3.8) is 0 Å². The second-order valence-corrected chi connectivity index (χ2v) is 7.63. The number of carbonyl (C=O) groups excluding carboxylic acids is 2. The Kier molecular flexibility index (Phi) is 5.13. The zero-order chi connectivity index (χ0) is 19.7. The monoisotopic (exact) mass is 399 g/mol. The third-order valence-corrected chi connectivity index (χ3v) is 5.46. The number of ether oxygens (including phenoxy) is 1. The largest absolute Gasteiger partial charge is 0.480 e. The van der Waals surface area contributed by atoms with Crippen LogP contribution in [0.5, 0.6) is 5.75 Å². The molecule has 2 aromatic carbocycles. The molecule has 3 N–H and O–H groups in total. The highest BCUT2D eigenvalue weighted by atomic mass is 35.5. The van der Waals surface area contributed by atoms with Gasteiger partial charge in [0.05, 0.1) is 11.4 Å². The molecule has 2 aliphatic heterocycles. The van der Waals surface area contributed by atoms with Gasteiger partial charge >= 0.3 is 0 Å². The molecule has 6 nitrogen and oxygen atoms in total. The van der Waals surface area contributed by atoms with Crippen LogP contribution in [0.4, 0.5) is 11.4 Å². The minimum atomic E-state index is -0.639. The number of benzene rings is 2. The van der Waals surface area contributed by atoms with Gasteiger partial charge in [0.1, 0.15) is 5.75 Å². The standard InChI is InChI=1S/C21H22ClN3O3/c22-15-5-7-18-14(10-15)12-19(28-18)21(27)24-16-11-13(20(23)26)4-6-17(16)25-8-2-1-3-9-25/h4-7,10-11,19H,1-3,8-9,12H2,(H2,23,26)(H,24,27). The summed E-state index contributed by atoms with van der Waals surface area (Å²) in [5, 5.41) is 3.56. The molecule has 2 amide bonds. The van der Waals surface area contributed by atoms with E-state index in [-0.39, 0.29) is 5.91 Å². The van der Waals surface area contributed by atoms with Gasteiger partial charge in [-0.2, -0.15) is 0 Å². The molecule has 0 saturated carbocycles. The topological polar surface area (TPSA) is 84.7 Å². The second kappa shape index (κ2) is 7.72. The fourth-order valence-electron chi connectivity index (χ4n) is 3.78. The summed E-state index contributed by atoms with van der Waals surface area (Å²) in [6, 6.07) is 10.5. The zero-order valence-corrected chi connectivity index (χ0v) is 16.2. The van der Waals surface area contributed by atoms with Gasteiger partial charge in [0.2, 0.25) is 5.91 Å². The molecule has 1 fully saturated rings. The van der Waals surface area contributed by atoms with Gasteiger partial charge in [-0.1, -0.05) is 11.6 Å². The molecule has 2 aromatic rings. The Morgan fingerprint density at radius 2 is 1.89 bits per heavy atom. The van der Waals surface area contributed by atoms with Crippen molar-refractivity contribution in [3.8, 4) is 5.75 Å². The number of nitrogens with two attached hydrogens (primary N) is 1. The molecule has 2 aliphatic rings. The van der Waals surface area contributed by atoms with Crippen LogP contribution < -0.4 is 20.7 Å². The number of amides is 2. The van der Waals surface area contributed by atoms with Gasteiger partial charge in [-0.05, 0) is 61.2 Å². The molecule has 146 valence electrons. The fourth-order valence-corrected chi connectivity index (χ4v) is 3.97. The maximum Gasteiger partial charge on any atom is 0.265 e. The van der Waals surface area contributed by atoms with Crippen LogP contribution in [0.3, 0.4) is 0 Å². The maximum atomic E-state index is 12.9. The van der Waals surface area contributed by atoms with E-state index in [1.165, 1.54) is 6.42 Å². The molecule has 7 heteroatoms. The molecule has 1 unspecified atom stereocenters. The predicted octanol–water partition coefficient (Wildman–Crippen LogP) is 3.37. The number of carbonyl (C=O) groups is 2. The molecule has 28 heavy (non-hydrogen) atoms. The number of halogens is 1. The van der Waals surface area contributed by atoms with Gasteiger partial charge in [0, 0.05) is 30.1 Å². The van der Waals surface area contributed by atoms with E-state index in [9.17, 15) is 9.59 Å². The highest BCUT2D eigenvalue weighted by Gasteiger charge is 2.30. The summed E-state index contributed by atoms with van der Waals surface area (Å²) in [7, 11) is 0. The van der Waals surface area contributed by atoms with Crippen molar-refractivity contribution in [1.82, 2.24) is 0 Å². The van der Waals surface area contributed by atoms with E-state index >= 15 is 0 Å². The van der Waals surface area contributed by atoms with Crippen LogP contribution in [0, 0.1) is 0 Å². The maximum absolute atomic E-state index is 12.9. The normalized spacial score (nSPS) is 18.3. The van der Waals surface area contributed by atoms with Gasteiger partial charge in [0.25, 0.3) is 5.91 Å². The highest BCUT2D eigenvalue weighted by molar-refractivity contribution is 6.30. The minimum absolute atomic E-state index is 0.257. The molecule has 4 rings (SSSR count). The average molecular weight is 400 g/mol. The van der Waals surface area contributed by atoms with E-state index in [4.69, 9.17) is 22.1 Å². The molecular formula is C21H22ClN3O3. The predicted molar refractivity (Wildman–Crippen MR) is 109 cm³/mol. The lowest BCUT2D eigenvalue weighted by Crippen LogP contribution is -2.34. The Bertz CT molecular complexity index is 925. The highest BCUT2D eigenvalue weighted by Crippen LogP contribution is 2.33. The van der Waals surface area contributed by atoms with E-state index in [2.05, 4.69) is 10.2 Å². The van der Waals surface area contributed by atoms with E-state index in [0.29, 0.717) is 28.4 Å². The molecule has 1 atom stereocenters. The molecular weight excluding hydrogens is 378 g/mol. The van der Waals surface area contributed by atoms with Crippen molar-refractivity contribution in [2.45, 2.75) is 31.8 Å². The van der Waals surface area contributed by atoms with Gasteiger partial charge in [-0.3, -0.25) is 9.59 Å². The number of piperidine rings is 1. The Hall–Kier alpha value is -2.73. The fraction of sp³-hybridized carbons (Fsp3) is 0.333. The van der Waals surface area contributed by atoms with Gasteiger partial charge in [0.15, 0.2) is 6.10 Å². The summed E-state index contributed by atoms with van der Waals surface area (Å²) >= 11 is 6.03. The third kappa shape index (κ3) is 3.78. The summed E-state index contributed by atoms with van der Waals surface area (Å²) < 4.78 is 5.78. The van der Waals surface area contributed by atoms with E-state index < -0.39 is 12.0 Å². The van der Waals surface area contributed by atoms with Crippen LogP contribution in [0.2, 0.25) is 5.02 Å². The molecule has 1 saturated heterocycles. The van der Waals surface area contributed by atoms with Crippen LogP contribution in [0.1, 0.15) is 35.2 Å². The first-order chi connectivity index (χ1) is 13.5. The Labute approximate surface area is 168 Å². The van der Waals surface area contributed by atoms with Crippen molar-refractivity contribution in [2.24, 2.45) is 5.73 Å². The van der Waals surface area contributed by atoms with Gasteiger partial charge in [-0.25, -0.2) is 0 Å². The first-order valence-corrected chi connectivity index (χ1v) is 9.84. The lowest BCUT2D eigenvalue weighted by molar-refractivity contribution is -0.122. The van der Waals surface area contributed by atoms with Crippen molar-refractivity contribution in [2.75, 3.05) is 23.3 Å². The molecule has 0 aromatic heterocycles. The summed E-state index contributed by atoms with van der Waals surface area (Å²) in [6.07, 6.45) is 3.23. The average Bonchev–Trinajstić information content (AvgIpc) is 3.12. The number of fused-ring (bicyclic) bond motifs is 1. The lowest BCUT2D eigenvalue weighted by atomic mass is 10.1. The Morgan fingerprint density at radius 1 is 1.11 bits per heavy atom. The quantitative estimate of drug-likeness (QED) is 0.825. The van der Waals surface area contributed by atoms with Crippen molar-refractivity contribution in [1.29, 1.82) is 0 Å². The van der Waals surface area contributed by atoms with E-state index in [1.54, 1.807) is 24.3 Å².